The number of esters is 1. The molecule has 3 nitrogen and oxygen atoms in total. The zero-order valence-corrected chi connectivity index (χ0v) is 9.37. The summed E-state index contributed by atoms with van der Waals surface area (Å²) in [6.07, 6.45) is 0.103. The second-order valence-corrected chi connectivity index (χ2v) is 3.80. The fourth-order valence-corrected chi connectivity index (χ4v) is 1.36. The van der Waals surface area contributed by atoms with Crippen molar-refractivity contribution in [2.24, 2.45) is 0 Å². The molecule has 0 saturated carbocycles. The van der Waals surface area contributed by atoms with Gasteiger partial charge >= 0.3 is 5.97 Å². The van der Waals surface area contributed by atoms with E-state index in [1.807, 2.05) is 0 Å². The molecule has 0 bridgehead atoms. The third-order valence-electron chi connectivity index (χ3n) is 2.18. The van der Waals surface area contributed by atoms with Gasteiger partial charge in [-0.1, -0.05) is 12.1 Å². The number of ether oxygens (including phenoxy) is 1. The Labute approximate surface area is 93.9 Å². The van der Waals surface area contributed by atoms with Gasteiger partial charge in [-0.2, -0.15) is 0 Å². The highest BCUT2D eigenvalue weighted by atomic mass is 19.1. The molecular weight excluding hydrogens is 211 g/mol. The number of aliphatic hydroxyl groups is 1. The first kappa shape index (κ1) is 12.6. The smallest absolute Gasteiger partial charge is 0.338 e. The molecule has 0 aliphatic rings. The van der Waals surface area contributed by atoms with Gasteiger partial charge in [0.1, 0.15) is 5.82 Å². The van der Waals surface area contributed by atoms with Crippen LogP contribution in [0.4, 0.5) is 4.39 Å². The lowest BCUT2D eigenvalue weighted by molar-refractivity contribution is -0.162. The highest BCUT2D eigenvalue weighted by Crippen LogP contribution is 2.15. The van der Waals surface area contributed by atoms with Gasteiger partial charge in [0.15, 0.2) is 5.60 Å². The third-order valence-corrected chi connectivity index (χ3v) is 2.18. The van der Waals surface area contributed by atoms with Gasteiger partial charge in [0, 0.05) is 6.42 Å². The van der Waals surface area contributed by atoms with E-state index in [1.165, 1.54) is 31.2 Å². The van der Waals surface area contributed by atoms with E-state index in [-0.39, 0.29) is 18.8 Å². The van der Waals surface area contributed by atoms with Crippen LogP contribution in [-0.2, 0) is 16.0 Å². The van der Waals surface area contributed by atoms with E-state index in [0.717, 1.165) is 0 Å². The Bertz CT molecular complexity index is 357. The van der Waals surface area contributed by atoms with Gasteiger partial charge in [-0.15, -0.1) is 0 Å². The number of carbonyl (C=O) groups excluding carboxylic acids is 1. The maximum atomic E-state index is 12.6. The summed E-state index contributed by atoms with van der Waals surface area (Å²) in [6, 6.07) is 5.64. The third kappa shape index (κ3) is 3.31. The Morgan fingerprint density at radius 3 is 2.50 bits per heavy atom. The largest absolute Gasteiger partial charge is 0.464 e. The maximum absolute atomic E-state index is 12.6. The normalized spacial score (nSPS) is 14.2. The van der Waals surface area contributed by atoms with Crippen LogP contribution in [0, 0.1) is 5.82 Å². The highest BCUT2D eigenvalue weighted by Gasteiger charge is 2.31. The molecule has 0 aliphatic heterocycles. The van der Waals surface area contributed by atoms with E-state index in [1.54, 1.807) is 6.92 Å². The van der Waals surface area contributed by atoms with Crippen LogP contribution in [0.5, 0.6) is 0 Å². The number of rotatable bonds is 4. The summed E-state index contributed by atoms with van der Waals surface area (Å²) in [6.45, 7) is 3.28. The molecule has 1 rings (SSSR count). The van der Waals surface area contributed by atoms with Crippen LogP contribution in [0.15, 0.2) is 24.3 Å². The molecule has 16 heavy (non-hydrogen) atoms. The number of benzene rings is 1. The molecule has 0 aromatic heterocycles. The highest BCUT2D eigenvalue weighted by molar-refractivity contribution is 5.79. The van der Waals surface area contributed by atoms with Crippen molar-refractivity contribution in [3.8, 4) is 0 Å². The molecule has 0 unspecified atom stereocenters. The van der Waals surface area contributed by atoms with Crippen LogP contribution < -0.4 is 0 Å². The predicted molar refractivity (Wildman–Crippen MR) is 57.4 cm³/mol. The van der Waals surface area contributed by atoms with Crippen LogP contribution in [0.2, 0.25) is 0 Å². The summed E-state index contributed by atoms with van der Waals surface area (Å²) >= 11 is 0. The van der Waals surface area contributed by atoms with Crippen molar-refractivity contribution in [3.05, 3.63) is 35.6 Å². The van der Waals surface area contributed by atoms with E-state index in [4.69, 9.17) is 4.74 Å². The fraction of sp³-hybridized carbons (Fsp3) is 0.417. The Kier molecular flexibility index (Phi) is 4.01. The first-order chi connectivity index (χ1) is 7.45. The lowest BCUT2D eigenvalue weighted by atomic mass is 9.97. The molecule has 0 amide bonds. The molecule has 4 heteroatoms. The molecule has 88 valence electrons. The predicted octanol–water partition coefficient (Wildman–Crippen LogP) is 1.68. The summed E-state index contributed by atoms with van der Waals surface area (Å²) in [4.78, 5) is 11.4. The number of hydrogen-bond acceptors (Lipinski definition) is 3. The van der Waals surface area contributed by atoms with Crippen LogP contribution >= 0.6 is 0 Å². The van der Waals surface area contributed by atoms with Crippen molar-refractivity contribution in [1.82, 2.24) is 0 Å². The van der Waals surface area contributed by atoms with Crippen molar-refractivity contribution in [2.45, 2.75) is 25.9 Å². The molecule has 0 aliphatic carbocycles. The summed E-state index contributed by atoms with van der Waals surface area (Å²) in [7, 11) is 0. The summed E-state index contributed by atoms with van der Waals surface area (Å²) in [5.74, 6) is -1.01. The zero-order chi connectivity index (χ0) is 12.2. The Hall–Kier alpha value is -1.42. The monoisotopic (exact) mass is 226 g/mol. The molecule has 0 fully saturated rings. The van der Waals surface area contributed by atoms with Gasteiger partial charge in [-0.05, 0) is 31.5 Å². The van der Waals surface area contributed by atoms with Crippen molar-refractivity contribution in [2.75, 3.05) is 6.61 Å². The fourth-order valence-electron chi connectivity index (χ4n) is 1.36. The van der Waals surface area contributed by atoms with Crippen LogP contribution in [-0.4, -0.2) is 23.3 Å². The van der Waals surface area contributed by atoms with E-state index in [0.29, 0.717) is 5.56 Å². The molecule has 1 atom stereocenters. The maximum Gasteiger partial charge on any atom is 0.338 e. The van der Waals surface area contributed by atoms with Gasteiger partial charge in [0.05, 0.1) is 6.61 Å². The molecule has 1 aromatic carbocycles. The molecule has 1 N–H and O–H groups in total. The van der Waals surface area contributed by atoms with E-state index >= 15 is 0 Å². The summed E-state index contributed by atoms with van der Waals surface area (Å²) < 4.78 is 17.4. The number of carbonyl (C=O) groups is 1. The number of halogens is 1. The minimum absolute atomic E-state index is 0.103. The van der Waals surface area contributed by atoms with Crippen molar-refractivity contribution in [3.63, 3.8) is 0 Å². The quantitative estimate of drug-likeness (QED) is 0.794. The van der Waals surface area contributed by atoms with Crippen LogP contribution in [0.1, 0.15) is 19.4 Å². The first-order valence-corrected chi connectivity index (χ1v) is 5.10. The van der Waals surface area contributed by atoms with Gasteiger partial charge in [0.2, 0.25) is 0 Å². The average molecular weight is 226 g/mol. The summed E-state index contributed by atoms with van der Waals surface area (Å²) in [5, 5.41) is 9.87. The van der Waals surface area contributed by atoms with Gasteiger partial charge in [-0.25, -0.2) is 9.18 Å². The molecule has 0 saturated heterocycles. The molecule has 0 heterocycles. The number of hydrogen-bond donors (Lipinski definition) is 1. The Morgan fingerprint density at radius 2 is 2.00 bits per heavy atom. The van der Waals surface area contributed by atoms with Gasteiger partial charge in [-0.3, -0.25) is 0 Å². The van der Waals surface area contributed by atoms with Crippen molar-refractivity contribution < 1.29 is 19.0 Å². The van der Waals surface area contributed by atoms with Crippen LogP contribution in [0.25, 0.3) is 0 Å². The van der Waals surface area contributed by atoms with E-state index in [2.05, 4.69) is 0 Å². The van der Waals surface area contributed by atoms with Crippen molar-refractivity contribution in [1.29, 1.82) is 0 Å². The lowest BCUT2D eigenvalue weighted by Crippen LogP contribution is -2.39. The first-order valence-electron chi connectivity index (χ1n) is 5.10. The molecule has 1 aromatic rings. The second kappa shape index (κ2) is 5.07. The Morgan fingerprint density at radius 1 is 1.44 bits per heavy atom. The molecule has 0 radical (unpaired) electrons. The average Bonchev–Trinajstić information content (AvgIpc) is 2.21. The van der Waals surface area contributed by atoms with Crippen molar-refractivity contribution >= 4 is 5.97 Å². The topological polar surface area (TPSA) is 46.5 Å². The SMILES string of the molecule is CCOC(=O)[C@](C)(O)Cc1ccc(F)cc1. The Balaban J connectivity index is 2.72. The second-order valence-electron chi connectivity index (χ2n) is 3.80. The van der Waals surface area contributed by atoms with Gasteiger partial charge < -0.3 is 9.84 Å². The molecule has 0 spiro atoms. The lowest BCUT2D eigenvalue weighted by Gasteiger charge is -2.20. The van der Waals surface area contributed by atoms with Gasteiger partial charge in [0.25, 0.3) is 0 Å². The minimum Gasteiger partial charge on any atom is -0.464 e. The van der Waals surface area contributed by atoms with E-state index in [9.17, 15) is 14.3 Å². The van der Waals surface area contributed by atoms with E-state index < -0.39 is 11.6 Å². The summed E-state index contributed by atoms with van der Waals surface area (Å²) in [5.41, 5.74) is -0.896. The minimum atomic E-state index is -1.58. The van der Waals surface area contributed by atoms with Crippen LogP contribution in [0.3, 0.4) is 0 Å². The standard InChI is InChI=1S/C12H15FO3/c1-3-16-11(14)12(2,15)8-9-4-6-10(13)7-5-9/h4-7,15H,3,8H2,1-2H3/t12-/m1/s1. The molecular formula is C12H15FO3. The zero-order valence-electron chi connectivity index (χ0n) is 9.37.